The van der Waals surface area contributed by atoms with Crippen molar-refractivity contribution in [1.82, 2.24) is 14.9 Å². The average molecular weight is 273 g/mol. The van der Waals surface area contributed by atoms with E-state index in [-0.39, 0.29) is 0 Å². The summed E-state index contributed by atoms with van der Waals surface area (Å²) in [4.78, 5) is 13.3. The van der Waals surface area contributed by atoms with E-state index in [1.165, 1.54) is 11.8 Å². The molecule has 0 amide bonds. The summed E-state index contributed by atoms with van der Waals surface area (Å²) >= 11 is 7.54. The van der Waals surface area contributed by atoms with Crippen molar-refractivity contribution in [3.8, 4) is 0 Å². The molecule has 0 bridgehead atoms. The van der Waals surface area contributed by atoms with E-state index in [2.05, 4.69) is 33.7 Å². The first-order valence-electron chi connectivity index (χ1n) is 5.64. The highest BCUT2D eigenvalue weighted by molar-refractivity contribution is 7.98. The number of anilines is 1. The van der Waals surface area contributed by atoms with Gasteiger partial charge < -0.3 is 9.80 Å². The van der Waals surface area contributed by atoms with Crippen LogP contribution in [-0.2, 0) is 0 Å². The molecule has 1 aromatic heterocycles. The van der Waals surface area contributed by atoms with E-state index in [4.69, 9.17) is 11.6 Å². The summed E-state index contributed by atoms with van der Waals surface area (Å²) in [7, 11) is 2.15. The van der Waals surface area contributed by atoms with Gasteiger partial charge in [-0.3, -0.25) is 0 Å². The van der Waals surface area contributed by atoms with Gasteiger partial charge in [0.15, 0.2) is 5.16 Å². The number of piperazine rings is 1. The molecule has 1 aromatic rings. The van der Waals surface area contributed by atoms with Crippen molar-refractivity contribution in [3.05, 3.63) is 11.2 Å². The first-order valence-corrected chi connectivity index (χ1v) is 7.24. The fourth-order valence-corrected chi connectivity index (χ4v) is 2.71. The number of hydrogen-bond donors (Lipinski definition) is 0. The predicted molar refractivity (Wildman–Crippen MR) is 73.1 cm³/mol. The van der Waals surface area contributed by atoms with Crippen LogP contribution in [0.3, 0.4) is 0 Å². The van der Waals surface area contributed by atoms with Gasteiger partial charge in [-0.25, -0.2) is 9.97 Å². The minimum Gasteiger partial charge on any atom is -0.351 e. The lowest BCUT2D eigenvalue weighted by molar-refractivity contribution is 0.274. The molecular weight excluding hydrogens is 256 g/mol. The third-order valence-electron chi connectivity index (χ3n) is 2.97. The van der Waals surface area contributed by atoms with Crippen molar-refractivity contribution >= 4 is 29.2 Å². The van der Waals surface area contributed by atoms with Crippen LogP contribution in [0.2, 0.25) is 5.15 Å². The lowest BCUT2D eigenvalue weighted by Crippen LogP contribution is -2.50. The van der Waals surface area contributed by atoms with Crippen molar-refractivity contribution in [2.75, 3.05) is 37.8 Å². The summed E-state index contributed by atoms with van der Waals surface area (Å²) in [6, 6.07) is 2.30. The molecule has 6 heteroatoms. The molecule has 0 radical (unpaired) electrons. The Balaban J connectivity index is 2.24. The summed E-state index contributed by atoms with van der Waals surface area (Å²) in [6.07, 6.45) is 1.96. The highest BCUT2D eigenvalue weighted by Gasteiger charge is 2.23. The van der Waals surface area contributed by atoms with Crippen LogP contribution < -0.4 is 4.90 Å². The largest absolute Gasteiger partial charge is 0.351 e. The van der Waals surface area contributed by atoms with Crippen LogP contribution in [-0.4, -0.2) is 53.8 Å². The smallest absolute Gasteiger partial charge is 0.190 e. The maximum absolute atomic E-state index is 6.02. The molecule has 2 rings (SSSR count). The van der Waals surface area contributed by atoms with Gasteiger partial charge >= 0.3 is 0 Å². The summed E-state index contributed by atoms with van der Waals surface area (Å²) in [6.45, 7) is 5.31. The van der Waals surface area contributed by atoms with E-state index in [1.54, 1.807) is 0 Å². The molecule has 0 aromatic carbocycles. The molecule has 17 heavy (non-hydrogen) atoms. The zero-order valence-corrected chi connectivity index (χ0v) is 11.9. The fourth-order valence-electron chi connectivity index (χ4n) is 2.10. The Morgan fingerprint density at radius 1 is 1.41 bits per heavy atom. The number of nitrogens with zero attached hydrogens (tertiary/aromatic N) is 4. The Morgan fingerprint density at radius 2 is 2.18 bits per heavy atom. The fraction of sp³-hybridized carbons (Fsp3) is 0.636. The number of rotatable bonds is 2. The number of halogens is 1. The van der Waals surface area contributed by atoms with Gasteiger partial charge in [-0.2, -0.15) is 0 Å². The minimum absolute atomic E-state index is 0.453. The third-order valence-corrected chi connectivity index (χ3v) is 3.71. The Hall–Kier alpha value is -0.520. The monoisotopic (exact) mass is 272 g/mol. The molecule has 4 nitrogen and oxygen atoms in total. The van der Waals surface area contributed by atoms with Crippen LogP contribution in [0.1, 0.15) is 6.92 Å². The summed E-state index contributed by atoms with van der Waals surface area (Å²) in [5, 5.41) is 1.25. The molecule has 1 fully saturated rings. The molecule has 0 N–H and O–H groups in total. The molecule has 1 atom stereocenters. The lowest BCUT2D eigenvalue weighted by atomic mass is 10.2. The lowest BCUT2D eigenvalue weighted by Gasteiger charge is -2.39. The zero-order chi connectivity index (χ0) is 12.4. The van der Waals surface area contributed by atoms with Crippen molar-refractivity contribution < 1.29 is 0 Å². The Morgan fingerprint density at radius 3 is 2.82 bits per heavy atom. The van der Waals surface area contributed by atoms with Crippen molar-refractivity contribution in [3.63, 3.8) is 0 Å². The molecule has 94 valence electrons. The van der Waals surface area contributed by atoms with Gasteiger partial charge in [-0.15, -0.1) is 0 Å². The van der Waals surface area contributed by atoms with Gasteiger partial charge in [0, 0.05) is 31.7 Å². The summed E-state index contributed by atoms with van der Waals surface area (Å²) < 4.78 is 0. The van der Waals surface area contributed by atoms with E-state index in [9.17, 15) is 0 Å². The van der Waals surface area contributed by atoms with Gasteiger partial charge in [0.25, 0.3) is 0 Å². The van der Waals surface area contributed by atoms with Crippen LogP contribution in [0, 0.1) is 0 Å². The summed E-state index contributed by atoms with van der Waals surface area (Å²) in [5.74, 6) is 0.940. The molecule has 1 aliphatic rings. The maximum Gasteiger partial charge on any atom is 0.190 e. The molecule has 1 aliphatic heterocycles. The molecule has 0 aliphatic carbocycles. The predicted octanol–water partition coefficient (Wildman–Crippen LogP) is 1.99. The molecule has 0 spiro atoms. The zero-order valence-electron chi connectivity index (χ0n) is 10.4. The molecule has 1 saturated heterocycles. The van der Waals surface area contributed by atoms with E-state index < -0.39 is 0 Å². The van der Waals surface area contributed by atoms with Gasteiger partial charge in [-0.05, 0) is 20.2 Å². The summed E-state index contributed by atoms with van der Waals surface area (Å²) in [5.41, 5.74) is 0. The van der Waals surface area contributed by atoms with E-state index in [0.29, 0.717) is 11.2 Å². The van der Waals surface area contributed by atoms with E-state index in [1.807, 2.05) is 12.3 Å². The molecule has 0 saturated carbocycles. The molecular formula is C11H17ClN4S. The highest BCUT2D eigenvalue weighted by Crippen LogP contribution is 2.23. The van der Waals surface area contributed by atoms with Crippen LogP contribution in [0.15, 0.2) is 11.2 Å². The quantitative estimate of drug-likeness (QED) is 0.467. The van der Waals surface area contributed by atoms with Crippen molar-refractivity contribution in [1.29, 1.82) is 0 Å². The number of likely N-dealkylation sites (N-methyl/N-ethyl adjacent to an activating group) is 1. The van der Waals surface area contributed by atoms with Gasteiger partial charge in [0.05, 0.1) is 0 Å². The maximum atomic E-state index is 6.02. The normalized spacial score (nSPS) is 21.9. The topological polar surface area (TPSA) is 32.3 Å². The van der Waals surface area contributed by atoms with Crippen molar-refractivity contribution in [2.24, 2.45) is 0 Å². The first-order chi connectivity index (χ1) is 8.10. The minimum atomic E-state index is 0.453. The van der Waals surface area contributed by atoms with Crippen LogP contribution in [0.5, 0.6) is 0 Å². The molecule has 1 unspecified atom stereocenters. The number of aromatic nitrogens is 2. The van der Waals surface area contributed by atoms with Crippen molar-refractivity contribution in [2.45, 2.75) is 18.1 Å². The Bertz CT molecular complexity index is 401. The second-order valence-electron chi connectivity index (χ2n) is 4.34. The van der Waals surface area contributed by atoms with Crippen LogP contribution in [0.4, 0.5) is 5.82 Å². The first kappa shape index (κ1) is 12.9. The van der Waals surface area contributed by atoms with Gasteiger partial charge in [-0.1, -0.05) is 23.4 Å². The second kappa shape index (κ2) is 5.42. The Labute approximate surface area is 111 Å². The standard InChI is InChI=1S/C11H17ClN4S/c1-8-7-15(2)4-5-16(8)10-6-9(12)13-11(14-10)17-3/h6,8H,4-5,7H2,1-3H3. The van der Waals surface area contributed by atoms with Gasteiger partial charge in [0.2, 0.25) is 0 Å². The average Bonchev–Trinajstić information content (AvgIpc) is 2.28. The number of hydrogen-bond acceptors (Lipinski definition) is 5. The molecule has 2 heterocycles. The van der Waals surface area contributed by atoms with E-state index in [0.717, 1.165) is 30.6 Å². The third kappa shape index (κ3) is 3.03. The van der Waals surface area contributed by atoms with Crippen LogP contribution in [0.25, 0.3) is 0 Å². The Kier molecular flexibility index (Phi) is 4.12. The van der Waals surface area contributed by atoms with E-state index >= 15 is 0 Å². The highest BCUT2D eigenvalue weighted by atomic mass is 35.5. The number of thioether (sulfide) groups is 1. The van der Waals surface area contributed by atoms with Crippen LogP contribution >= 0.6 is 23.4 Å². The van der Waals surface area contributed by atoms with Gasteiger partial charge in [0.1, 0.15) is 11.0 Å². The second-order valence-corrected chi connectivity index (χ2v) is 5.50. The SMILES string of the molecule is CSc1nc(Cl)cc(N2CCN(C)CC2C)n1.